The number of rotatable bonds is 3. The van der Waals surface area contributed by atoms with E-state index in [4.69, 9.17) is 11.6 Å². The molecule has 1 heterocycles. The van der Waals surface area contributed by atoms with Crippen LogP contribution in [-0.2, 0) is 6.54 Å². The highest BCUT2D eigenvalue weighted by molar-refractivity contribution is 6.30. The second kappa shape index (κ2) is 5.22. The third-order valence-corrected chi connectivity index (χ3v) is 5.35. The van der Waals surface area contributed by atoms with Gasteiger partial charge in [-0.05, 0) is 57.2 Å². The molecule has 21 heavy (non-hydrogen) atoms. The van der Waals surface area contributed by atoms with Gasteiger partial charge in [-0.25, -0.2) is 4.39 Å². The monoisotopic (exact) mass is 310 g/mol. The molecule has 0 spiro atoms. The second-order valence-corrected chi connectivity index (χ2v) is 7.88. The van der Waals surface area contributed by atoms with Crippen molar-refractivity contribution in [3.8, 4) is 0 Å². The fraction of sp³-hybridized carbons (Fsp3) is 0.647. The van der Waals surface area contributed by atoms with Crippen LogP contribution in [0.4, 0.5) is 4.39 Å². The predicted octanol–water partition coefficient (Wildman–Crippen LogP) is 3.83. The number of nitrogens with one attached hydrogen (secondary N) is 1. The van der Waals surface area contributed by atoms with Crippen LogP contribution in [-0.4, -0.2) is 29.1 Å². The van der Waals surface area contributed by atoms with E-state index >= 15 is 0 Å². The minimum absolute atomic E-state index is 0.0966. The first-order valence-corrected chi connectivity index (χ1v) is 8.12. The summed E-state index contributed by atoms with van der Waals surface area (Å²) in [6.45, 7) is 9.57. The summed E-state index contributed by atoms with van der Waals surface area (Å²) in [7, 11) is 0. The van der Waals surface area contributed by atoms with Crippen molar-refractivity contribution < 1.29 is 4.39 Å². The first kappa shape index (κ1) is 15.3. The van der Waals surface area contributed by atoms with Crippen LogP contribution in [0.2, 0.25) is 5.02 Å². The summed E-state index contributed by atoms with van der Waals surface area (Å²) in [6, 6.07) is 5.17. The average molecular weight is 311 g/mol. The second-order valence-electron chi connectivity index (χ2n) is 7.47. The van der Waals surface area contributed by atoms with E-state index in [0.29, 0.717) is 0 Å². The van der Waals surface area contributed by atoms with Gasteiger partial charge in [0.15, 0.2) is 0 Å². The van der Waals surface area contributed by atoms with Crippen LogP contribution >= 0.6 is 11.6 Å². The molecule has 1 aromatic rings. The van der Waals surface area contributed by atoms with Crippen LogP contribution in [0.5, 0.6) is 0 Å². The van der Waals surface area contributed by atoms with Gasteiger partial charge in [-0.3, -0.25) is 4.90 Å². The normalized spacial score (nSPS) is 29.6. The molecule has 4 heteroatoms. The summed E-state index contributed by atoms with van der Waals surface area (Å²) in [6.07, 6.45) is 2.62. The number of benzene rings is 1. The van der Waals surface area contributed by atoms with Gasteiger partial charge in [0.05, 0.1) is 5.02 Å². The molecule has 0 bridgehead atoms. The fourth-order valence-corrected chi connectivity index (χ4v) is 3.56. The number of hydrogen-bond donors (Lipinski definition) is 1. The minimum Gasteiger partial charge on any atom is -0.309 e. The number of nitrogens with zero attached hydrogens (tertiary/aromatic N) is 1. The van der Waals surface area contributed by atoms with Crippen molar-refractivity contribution in [1.29, 1.82) is 0 Å². The minimum atomic E-state index is -0.323. The van der Waals surface area contributed by atoms with Crippen molar-refractivity contribution >= 4 is 11.6 Å². The maximum absolute atomic E-state index is 13.7. The molecule has 1 atom stereocenters. The number of piperazine rings is 1. The lowest BCUT2D eigenvalue weighted by molar-refractivity contribution is 0.00515. The molecule has 0 aromatic heterocycles. The molecule has 116 valence electrons. The van der Waals surface area contributed by atoms with E-state index in [9.17, 15) is 4.39 Å². The molecule has 1 N–H and O–H groups in total. The molecular weight excluding hydrogens is 287 g/mol. The van der Waals surface area contributed by atoms with Gasteiger partial charge in [0.2, 0.25) is 0 Å². The lowest BCUT2D eigenvalue weighted by Gasteiger charge is -2.52. The first-order chi connectivity index (χ1) is 9.80. The van der Waals surface area contributed by atoms with Gasteiger partial charge in [0, 0.05) is 30.7 Å². The Balaban J connectivity index is 1.83. The topological polar surface area (TPSA) is 15.3 Å². The summed E-state index contributed by atoms with van der Waals surface area (Å²) >= 11 is 5.79. The number of halogens is 2. The van der Waals surface area contributed by atoms with Crippen molar-refractivity contribution in [3.05, 3.63) is 34.6 Å². The number of hydrogen-bond acceptors (Lipinski definition) is 2. The van der Waals surface area contributed by atoms with Gasteiger partial charge in [0.25, 0.3) is 0 Å². The van der Waals surface area contributed by atoms with E-state index in [-0.39, 0.29) is 21.9 Å². The maximum atomic E-state index is 13.7. The molecule has 2 fully saturated rings. The largest absolute Gasteiger partial charge is 0.309 e. The highest BCUT2D eigenvalue weighted by Crippen LogP contribution is 2.45. The summed E-state index contributed by atoms with van der Waals surface area (Å²) in [5, 5.41) is 3.87. The third kappa shape index (κ3) is 3.10. The summed E-state index contributed by atoms with van der Waals surface area (Å²) in [5.74, 6) is 0.440. The molecule has 1 saturated carbocycles. The Morgan fingerprint density at radius 3 is 2.67 bits per heavy atom. The zero-order valence-corrected chi connectivity index (χ0v) is 13.8. The standard InChI is InChI=1S/C17H24ClFN2/c1-16(2)11-21(17(3,10-20-16)13-5-6-13)9-12-4-7-14(18)15(19)8-12/h4,7-8,13,20H,5-6,9-11H2,1-3H3. The van der Waals surface area contributed by atoms with Gasteiger partial charge in [0.1, 0.15) is 5.82 Å². The Labute approximate surface area is 131 Å². The van der Waals surface area contributed by atoms with Crippen molar-refractivity contribution in [1.82, 2.24) is 10.2 Å². The van der Waals surface area contributed by atoms with Crippen LogP contribution < -0.4 is 5.32 Å². The summed E-state index contributed by atoms with van der Waals surface area (Å²) < 4.78 is 13.7. The molecule has 2 aliphatic rings. The van der Waals surface area contributed by atoms with Crippen LogP contribution in [0.3, 0.4) is 0 Å². The van der Waals surface area contributed by atoms with Crippen molar-refractivity contribution in [2.45, 2.75) is 51.2 Å². The Morgan fingerprint density at radius 2 is 2.05 bits per heavy atom. The molecule has 0 radical (unpaired) electrons. The Bertz CT molecular complexity index is 542. The lowest BCUT2D eigenvalue weighted by atomic mass is 9.85. The molecule has 0 amide bonds. The van der Waals surface area contributed by atoms with E-state index in [0.717, 1.165) is 31.1 Å². The van der Waals surface area contributed by atoms with E-state index in [1.165, 1.54) is 12.8 Å². The Morgan fingerprint density at radius 1 is 1.33 bits per heavy atom. The molecule has 3 rings (SSSR count). The first-order valence-electron chi connectivity index (χ1n) is 7.74. The van der Waals surface area contributed by atoms with Crippen LogP contribution in [0.15, 0.2) is 18.2 Å². The third-order valence-electron chi connectivity index (χ3n) is 5.05. The van der Waals surface area contributed by atoms with Crippen molar-refractivity contribution in [2.24, 2.45) is 5.92 Å². The molecule has 2 nitrogen and oxygen atoms in total. The van der Waals surface area contributed by atoms with E-state index in [2.05, 4.69) is 31.0 Å². The molecule has 1 saturated heterocycles. The zero-order valence-electron chi connectivity index (χ0n) is 13.0. The van der Waals surface area contributed by atoms with Crippen LogP contribution in [0.1, 0.15) is 39.2 Å². The molecule has 1 aromatic carbocycles. The molecular formula is C17H24ClFN2. The van der Waals surface area contributed by atoms with Gasteiger partial charge in [-0.2, -0.15) is 0 Å². The summed E-state index contributed by atoms with van der Waals surface area (Å²) in [4.78, 5) is 2.53. The smallest absolute Gasteiger partial charge is 0.142 e. The Hall–Kier alpha value is -0.640. The van der Waals surface area contributed by atoms with Crippen LogP contribution in [0, 0.1) is 11.7 Å². The quantitative estimate of drug-likeness (QED) is 0.912. The SMILES string of the molecule is CC1(C)CN(Cc2ccc(Cl)c(F)c2)C(C)(C2CC2)CN1. The zero-order chi connectivity index (χ0) is 15.3. The van der Waals surface area contributed by atoms with Gasteiger partial charge in [-0.1, -0.05) is 17.7 Å². The van der Waals surface area contributed by atoms with E-state index in [1.54, 1.807) is 12.1 Å². The fourth-order valence-electron chi connectivity index (χ4n) is 3.45. The van der Waals surface area contributed by atoms with Gasteiger partial charge in [-0.15, -0.1) is 0 Å². The lowest BCUT2D eigenvalue weighted by Crippen LogP contribution is -2.67. The van der Waals surface area contributed by atoms with E-state index < -0.39 is 0 Å². The Kier molecular flexibility index (Phi) is 3.79. The maximum Gasteiger partial charge on any atom is 0.142 e. The molecule has 1 aliphatic carbocycles. The van der Waals surface area contributed by atoms with E-state index in [1.807, 2.05) is 6.07 Å². The highest BCUT2D eigenvalue weighted by Gasteiger charge is 2.49. The van der Waals surface area contributed by atoms with Gasteiger partial charge < -0.3 is 5.32 Å². The molecule has 1 unspecified atom stereocenters. The highest BCUT2D eigenvalue weighted by atomic mass is 35.5. The van der Waals surface area contributed by atoms with Crippen molar-refractivity contribution in [2.75, 3.05) is 13.1 Å². The van der Waals surface area contributed by atoms with Crippen molar-refractivity contribution in [3.63, 3.8) is 0 Å². The predicted molar refractivity (Wildman–Crippen MR) is 85.0 cm³/mol. The summed E-state index contributed by atoms with van der Waals surface area (Å²) in [5.41, 5.74) is 1.27. The van der Waals surface area contributed by atoms with Crippen LogP contribution in [0.25, 0.3) is 0 Å². The molecule has 1 aliphatic heterocycles. The average Bonchev–Trinajstić information content (AvgIpc) is 3.23. The van der Waals surface area contributed by atoms with Gasteiger partial charge >= 0.3 is 0 Å².